The Morgan fingerprint density at radius 3 is 2.57 bits per heavy atom. The predicted molar refractivity (Wildman–Crippen MR) is 86.7 cm³/mol. The van der Waals surface area contributed by atoms with E-state index in [4.69, 9.17) is 4.74 Å². The maximum Gasteiger partial charge on any atom is 0.161 e. The summed E-state index contributed by atoms with van der Waals surface area (Å²) < 4.78 is 7.78. The van der Waals surface area contributed by atoms with E-state index in [1.54, 1.807) is 7.11 Å². The quantitative estimate of drug-likeness (QED) is 0.789. The average Bonchev–Trinajstić information content (AvgIpc) is 3.13. The number of aromatic nitrogens is 2. The van der Waals surface area contributed by atoms with Gasteiger partial charge in [-0.05, 0) is 37.6 Å². The lowest BCUT2D eigenvalue weighted by atomic mass is 9.74. The molecule has 0 radical (unpaired) electrons. The number of methoxy groups -OCH3 is 1. The molecule has 120 valence electrons. The summed E-state index contributed by atoms with van der Waals surface area (Å²) in [5.74, 6) is 0.939. The van der Waals surface area contributed by atoms with Crippen molar-refractivity contribution in [2.24, 2.45) is 5.41 Å². The molecule has 1 atom stereocenters. The van der Waals surface area contributed by atoms with Crippen LogP contribution in [0.2, 0.25) is 0 Å². The van der Waals surface area contributed by atoms with Crippen LogP contribution in [0.3, 0.4) is 0 Å². The Kier molecular flexibility index (Phi) is 5.68. The molecule has 0 amide bonds. The summed E-state index contributed by atoms with van der Waals surface area (Å²) in [5.41, 5.74) is 1.61. The first-order chi connectivity index (χ1) is 10.2. The van der Waals surface area contributed by atoms with Crippen LogP contribution in [-0.4, -0.2) is 23.4 Å². The highest BCUT2D eigenvalue weighted by Gasteiger charge is 2.42. The van der Waals surface area contributed by atoms with Gasteiger partial charge >= 0.3 is 0 Å². The van der Waals surface area contributed by atoms with Crippen molar-refractivity contribution in [3.63, 3.8) is 0 Å². The third-order valence-electron chi connectivity index (χ3n) is 5.10. The van der Waals surface area contributed by atoms with Crippen molar-refractivity contribution in [1.29, 1.82) is 0 Å². The zero-order valence-corrected chi connectivity index (χ0v) is 14.1. The van der Waals surface area contributed by atoms with E-state index in [1.165, 1.54) is 37.8 Å². The molecule has 1 fully saturated rings. The summed E-state index contributed by atoms with van der Waals surface area (Å²) in [4.78, 5) is 0. The highest BCUT2D eigenvalue weighted by atomic mass is 16.5. The van der Waals surface area contributed by atoms with Gasteiger partial charge in [-0.25, -0.2) is 0 Å². The van der Waals surface area contributed by atoms with Crippen molar-refractivity contribution in [3.8, 4) is 5.75 Å². The van der Waals surface area contributed by atoms with Crippen LogP contribution >= 0.6 is 0 Å². The van der Waals surface area contributed by atoms with Crippen molar-refractivity contribution in [1.82, 2.24) is 15.1 Å². The maximum atomic E-state index is 5.63. The maximum absolute atomic E-state index is 5.63. The second-order valence-corrected chi connectivity index (χ2v) is 6.24. The van der Waals surface area contributed by atoms with E-state index in [-0.39, 0.29) is 0 Å². The van der Waals surface area contributed by atoms with Gasteiger partial charge in [-0.1, -0.05) is 33.6 Å². The van der Waals surface area contributed by atoms with Crippen LogP contribution < -0.4 is 10.1 Å². The minimum Gasteiger partial charge on any atom is -0.493 e. The Balaban J connectivity index is 2.43. The van der Waals surface area contributed by atoms with Crippen LogP contribution in [0.25, 0.3) is 0 Å². The molecule has 0 spiro atoms. The molecule has 4 heteroatoms. The third kappa shape index (κ3) is 3.10. The molecule has 0 aromatic carbocycles. The van der Waals surface area contributed by atoms with Crippen LogP contribution in [-0.2, 0) is 6.54 Å². The highest BCUT2D eigenvalue weighted by Crippen LogP contribution is 2.51. The molecule has 2 rings (SSSR count). The number of hydrogen-bond acceptors (Lipinski definition) is 3. The lowest BCUT2D eigenvalue weighted by molar-refractivity contribution is 0.176. The molecule has 1 heterocycles. The Morgan fingerprint density at radius 2 is 2.05 bits per heavy atom. The SMILES string of the molecule is CCCn1ncc(OC)c1C(NCC)C1(CC)CCCC1. The molecular formula is C17H31N3O. The number of aryl methyl sites for hydroxylation is 1. The number of rotatable bonds is 8. The summed E-state index contributed by atoms with van der Waals surface area (Å²) >= 11 is 0. The summed E-state index contributed by atoms with van der Waals surface area (Å²) in [5, 5.41) is 8.32. The molecule has 1 aliphatic rings. The minimum absolute atomic E-state index is 0.346. The summed E-state index contributed by atoms with van der Waals surface area (Å²) in [6, 6.07) is 0.346. The fraction of sp³-hybridized carbons (Fsp3) is 0.824. The summed E-state index contributed by atoms with van der Waals surface area (Å²) in [7, 11) is 1.76. The largest absolute Gasteiger partial charge is 0.493 e. The molecular weight excluding hydrogens is 262 g/mol. The number of hydrogen-bond donors (Lipinski definition) is 1. The van der Waals surface area contributed by atoms with Gasteiger partial charge in [-0.3, -0.25) is 4.68 Å². The molecule has 1 N–H and O–H groups in total. The van der Waals surface area contributed by atoms with Gasteiger partial charge in [0.1, 0.15) is 0 Å². The van der Waals surface area contributed by atoms with Crippen LogP contribution in [0.1, 0.15) is 71.0 Å². The standard InChI is InChI=1S/C17H31N3O/c1-5-12-20-15(14(21-4)13-19-20)16(18-7-3)17(6-2)10-8-9-11-17/h13,16,18H,5-12H2,1-4H3. The zero-order chi connectivity index (χ0) is 15.3. The smallest absolute Gasteiger partial charge is 0.161 e. The summed E-state index contributed by atoms with van der Waals surface area (Å²) in [6.45, 7) is 8.67. The first-order valence-electron chi connectivity index (χ1n) is 8.55. The Labute approximate surface area is 129 Å². The van der Waals surface area contributed by atoms with Gasteiger partial charge in [0, 0.05) is 6.54 Å². The monoisotopic (exact) mass is 293 g/mol. The normalized spacial score (nSPS) is 18.9. The first kappa shape index (κ1) is 16.3. The number of nitrogens with zero attached hydrogens (tertiary/aromatic N) is 2. The molecule has 0 aliphatic heterocycles. The lowest BCUT2D eigenvalue weighted by Crippen LogP contribution is -2.38. The average molecular weight is 293 g/mol. The fourth-order valence-corrected chi connectivity index (χ4v) is 3.95. The first-order valence-corrected chi connectivity index (χ1v) is 8.55. The van der Waals surface area contributed by atoms with Crippen molar-refractivity contribution >= 4 is 0 Å². The number of ether oxygens (including phenoxy) is 1. The van der Waals surface area contributed by atoms with Gasteiger partial charge in [0.25, 0.3) is 0 Å². The van der Waals surface area contributed by atoms with E-state index in [1.807, 2.05) is 6.20 Å². The lowest BCUT2D eigenvalue weighted by Gasteiger charge is -2.38. The van der Waals surface area contributed by atoms with Gasteiger partial charge in [0.05, 0.1) is 25.0 Å². The molecule has 1 aromatic heterocycles. The van der Waals surface area contributed by atoms with E-state index >= 15 is 0 Å². The van der Waals surface area contributed by atoms with Crippen molar-refractivity contribution in [2.75, 3.05) is 13.7 Å². The van der Waals surface area contributed by atoms with Crippen LogP contribution in [0.5, 0.6) is 5.75 Å². The zero-order valence-electron chi connectivity index (χ0n) is 14.1. The van der Waals surface area contributed by atoms with Gasteiger partial charge in [-0.15, -0.1) is 0 Å². The van der Waals surface area contributed by atoms with Crippen LogP contribution in [0.15, 0.2) is 6.20 Å². The van der Waals surface area contributed by atoms with Gasteiger partial charge in [0.2, 0.25) is 0 Å². The second-order valence-electron chi connectivity index (χ2n) is 6.24. The van der Waals surface area contributed by atoms with E-state index in [0.717, 1.165) is 25.3 Å². The molecule has 1 saturated carbocycles. The topological polar surface area (TPSA) is 39.1 Å². The van der Waals surface area contributed by atoms with Gasteiger partial charge in [0.15, 0.2) is 5.75 Å². The van der Waals surface area contributed by atoms with E-state index in [9.17, 15) is 0 Å². The summed E-state index contributed by atoms with van der Waals surface area (Å²) in [6.07, 6.45) is 9.50. The van der Waals surface area contributed by atoms with Gasteiger partial charge in [-0.2, -0.15) is 5.10 Å². The molecule has 1 aliphatic carbocycles. The molecule has 1 unspecified atom stereocenters. The van der Waals surface area contributed by atoms with Crippen LogP contribution in [0, 0.1) is 5.41 Å². The molecule has 0 saturated heterocycles. The van der Waals surface area contributed by atoms with Crippen molar-refractivity contribution in [3.05, 3.63) is 11.9 Å². The fourth-order valence-electron chi connectivity index (χ4n) is 3.95. The third-order valence-corrected chi connectivity index (χ3v) is 5.10. The Hall–Kier alpha value is -1.03. The van der Waals surface area contributed by atoms with Crippen molar-refractivity contribution < 1.29 is 4.74 Å². The van der Waals surface area contributed by atoms with E-state index in [0.29, 0.717) is 11.5 Å². The van der Waals surface area contributed by atoms with Crippen LogP contribution in [0.4, 0.5) is 0 Å². The predicted octanol–water partition coefficient (Wildman–Crippen LogP) is 3.92. The second kappa shape index (κ2) is 7.30. The molecule has 0 bridgehead atoms. The Bertz CT molecular complexity index is 435. The van der Waals surface area contributed by atoms with Gasteiger partial charge < -0.3 is 10.1 Å². The highest BCUT2D eigenvalue weighted by molar-refractivity contribution is 5.30. The number of nitrogens with one attached hydrogen (secondary N) is 1. The van der Waals surface area contributed by atoms with E-state index in [2.05, 4.69) is 35.9 Å². The molecule has 4 nitrogen and oxygen atoms in total. The molecule has 1 aromatic rings. The minimum atomic E-state index is 0.346. The van der Waals surface area contributed by atoms with E-state index < -0.39 is 0 Å². The molecule has 21 heavy (non-hydrogen) atoms. The van der Waals surface area contributed by atoms with Crippen molar-refractivity contribution in [2.45, 2.75) is 71.9 Å². The Morgan fingerprint density at radius 1 is 1.33 bits per heavy atom.